The Labute approximate surface area is 118 Å². The van der Waals surface area contributed by atoms with Crippen LogP contribution in [0.5, 0.6) is 0 Å². The molecule has 0 saturated heterocycles. The summed E-state index contributed by atoms with van der Waals surface area (Å²) in [6, 6.07) is 3.29. The summed E-state index contributed by atoms with van der Waals surface area (Å²) in [5.41, 5.74) is -6.75. The highest BCUT2D eigenvalue weighted by atomic mass is 19.4. The Kier molecular flexibility index (Phi) is 4.76. The Morgan fingerprint density at radius 1 is 0.818 bits per heavy atom. The van der Waals surface area contributed by atoms with Crippen molar-refractivity contribution in [2.24, 2.45) is 0 Å². The van der Waals surface area contributed by atoms with Crippen molar-refractivity contribution in [1.29, 1.82) is 0 Å². The summed E-state index contributed by atoms with van der Waals surface area (Å²) in [6.07, 6.45) is -16.6. The fraction of sp³-hybridized carbons (Fsp3) is 0.500. The van der Waals surface area contributed by atoms with Gasteiger partial charge in [0.25, 0.3) is 5.60 Å². The summed E-state index contributed by atoms with van der Waals surface area (Å²) in [5.74, 6) is 0. The quantitative estimate of drug-likeness (QED) is 0.695. The lowest BCUT2D eigenvalue weighted by molar-refractivity contribution is -0.377. The molecule has 126 valence electrons. The molecule has 0 aliphatic heterocycles. The van der Waals surface area contributed by atoms with Crippen molar-refractivity contribution in [2.45, 2.75) is 37.7 Å². The highest BCUT2D eigenvalue weighted by Gasteiger charge is 2.69. The molecule has 0 aliphatic rings. The number of alkyl halides is 9. The summed E-state index contributed by atoms with van der Waals surface area (Å²) >= 11 is 0. The van der Waals surface area contributed by atoms with Crippen LogP contribution in [0.3, 0.4) is 0 Å². The Morgan fingerprint density at radius 3 is 1.68 bits per heavy atom. The Bertz CT molecular complexity index is 499. The average molecular weight is 340 g/mol. The molecule has 1 rings (SSSR count). The van der Waals surface area contributed by atoms with E-state index in [4.69, 9.17) is 0 Å². The highest BCUT2D eigenvalue weighted by molar-refractivity contribution is 5.29. The molecule has 0 saturated carbocycles. The van der Waals surface area contributed by atoms with Gasteiger partial charge in [-0.1, -0.05) is 18.2 Å². The molecule has 0 fully saturated rings. The molecule has 10 heteroatoms. The predicted molar refractivity (Wildman–Crippen MR) is 56.7 cm³/mol. The van der Waals surface area contributed by atoms with Crippen molar-refractivity contribution in [3.63, 3.8) is 0 Å². The van der Waals surface area contributed by atoms with E-state index in [9.17, 15) is 39.5 Å². The molecular formula is C12H9F9O. The largest absolute Gasteiger partial charge is 0.426 e. The van der Waals surface area contributed by atoms with E-state index in [1.807, 2.05) is 0 Å². The third kappa shape index (κ3) is 3.65. The summed E-state index contributed by atoms with van der Waals surface area (Å²) in [6.45, 7) is -1.77. The van der Waals surface area contributed by atoms with Crippen LogP contribution < -0.4 is 0 Å². The summed E-state index contributed by atoms with van der Waals surface area (Å²) < 4.78 is 117. The van der Waals surface area contributed by atoms with Gasteiger partial charge in [-0.25, -0.2) is 0 Å². The molecular weight excluding hydrogens is 331 g/mol. The molecule has 22 heavy (non-hydrogen) atoms. The number of benzene rings is 1. The SMILES string of the molecule is CC(OCc1ccccc1C(F)(F)F)(C(F)(F)F)C(F)(F)F. The first kappa shape index (κ1) is 18.6. The Morgan fingerprint density at radius 2 is 1.27 bits per heavy atom. The monoisotopic (exact) mass is 340 g/mol. The standard InChI is InChI=1S/C12H9F9O/c1-9(11(16,17)18,12(19,20)21)22-6-7-4-2-3-5-8(7)10(13,14)15/h2-5H,6H2,1H3. The van der Waals surface area contributed by atoms with Gasteiger partial charge in [0.15, 0.2) is 0 Å². The molecule has 0 unspecified atom stereocenters. The number of rotatable bonds is 3. The molecule has 1 nitrogen and oxygen atoms in total. The van der Waals surface area contributed by atoms with Crippen LogP contribution in [0.15, 0.2) is 24.3 Å². The van der Waals surface area contributed by atoms with Crippen molar-refractivity contribution >= 4 is 0 Å². The number of hydrogen-bond acceptors (Lipinski definition) is 1. The Hall–Kier alpha value is -1.45. The fourth-order valence-electron chi connectivity index (χ4n) is 1.47. The first-order valence-electron chi connectivity index (χ1n) is 5.62. The summed E-state index contributed by atoms with van der Waals surface area (Å²) in [7, 11) is 0. The maximum absolute atomic E-state index is 12.6. The van der Waals surface area contributed by atoms with E-state index in [-0.39, 0.29) is 6.92 Å². The van der Waals surface area contributed by atoms with Gasteiger partial charge < -0.3 is 4.74 Å². The zero-order valence-corrected chi connectivity index (χ0v) is 10.8. The summed E-state index contributed by atoms with van der Waals surface area (Å²) in [4.78, 5) is 0. The van der Waals surface area contributed by atoms with Crippen LogP contribution in [0.4, 0.5) is 39.5 Å². The lowest BCUT2D eigenvalue weighted by atomic mass is 10.0. The molecule has 0 amide bonds. The average Bonchev–Trinajstić information content (AvgIpc) is 2.32. The van der Waals surface area contributed by atoms with Crippen molar-refractivity contribution < 1.29 is 44.3 Å². The van der Waals surface area contributed by atoms with Crippen LogP contribution in [-0.2, 0) is 17.5 Å². The van der Waals surface area contributed by atoms with Crippen LogP contribution in [0.1, 0.15) is 18.1 Å². The molecule has 0 spiro atoms. The summed E-state index contributed by atoms with van der Waals surface area (Å²) in [5, 5.41) is 0. The van der Waals surface area contributed by atoms with Crippen LogP contribution in [-0.4, -0.2) is 18.0 Å². The predicted octanol–water partition coefficient (Wildman–Crippen LogP) is 5.11. The normalized spacial score (nSPS) is 14.3. The minimum absolute atomic E-state index is 0.275. The molecule has 0 bridgehead atoms. The van der Waals surface area contributed by atoms with E-state index in [0.717, 1.165) is 18.2 Å². The van der Waals surface area contributed by atoms with Gasteiger partial charge in [0, 0.05) is 0 Å². The van der Waals surface area contributed by atoms with Crippen molar-refractivity contribution in [1.82, 2.24) is 0 Å². The maximum Gasteiger partial charge on any atom is 0.426 e. The second-order valence-corrected chi connectivity index (χ2v) is 4.47. The molecule has 1 aromatic carbocycles. The van der Waals surface area contributed by atoms with E-state index in [0.29, 0.717) is 6.07 Å². The van der Waals surface area contributed by atoms with Crippen molar-refractivity contribution in [2.75, 3.05) is 0 Å². The van der Waals surface area contributed by atoms with Crippen molar-refractivity contribution in [3.05, 3.63) is 35.4 Å². The molecule has 0 heterocycles. The van der Waals surface area contributed by atoms with Crippen LogP contribution in [0.2, 0.25) is 0 Å². The molecule has 0 atom stereocenters. The van der Waals surface area contributed by atoms with E-state index in [1.165, 1.54) is 0 Å². The minimum atomic E-state index is -5.83. The molecule has 0 N–H and O–H groups in total. The molecule has 1 aromatic rings. The van der Waals surface area contributed by atoms with Crippen LogP contribution in [0.25, 0.3) is 0 Å². The van der Waals surface area contributed by atoms with Crippen molar-refractivity contribution in [3.8, 4) is 0 Å². The van der Waals surface area contributed by atoms with Crippen LogP contribution in [0, 0.1) is 0 Å². The second kappa shape index (κ2) is 5.64. The Balaban J connectivity index is 3.12. The third-order valence-corrected chi connectivity index (χ3v) is 2.92. The molecule has 0 aliphatic carbocycles. The molecule has 0 aromatic heterocycles. The zero-order chi connectivity index (χ0) is 17.4. The minimum Gasteiger partial charge on any atom is -0.353 e. The van der Waals surface area contributed by atoms with Gasteiger partial charge in [-0.2, -0.15) is 39.5 Å². The second-order valence-electron chi connectivity index (χ2n) is 4.47. The highest BCUT2D eigenvalue weighted by Crippen LogP contribution is 2.46. The lowest BCUT2D eigenvalue weighted by Gasteiger charge is -2.34. The topological polar surface area (TPSA) is 9.23 Å². The number of halogens is 9. The third-order valence-electron chi connectivity index (χ3n) is 2.92. The first-order valence-corrected chi connectivity index (χ1v) is 5.62. The van der Waals surface area contributed by atoms with E-state index in [2.05, 4.69) is 4.74 Å². The van der Waals surface area contributed by atoms with E-state index >= 15 is 0 Å². The lowest BCUT2D eigenvalue weighted by Crippen LogP contribution is -2.56. The van der Waals surface area contributed by atoms with E-state index < -0.39 is 41.9 Å². The maximum atomic E-state index is 12.6. The fourth-order valence-corrected chi connectivity index (χ4v) is 1.47. The number of ether oxygens (including phenoxy) is 1. The van der Waals surface area contributed by atoms with Gasteiger partial charge in [0.05, 0.1) is 12.2 Å². The van der Waals surface area contributed by atoms with Gasteiger partial charge in [0.1, 0.15) is 0 Å². The van der Waals surface area contributed by atoms with Gasteiger partial charge in [-0.3, -0.25) is 0 Å². The van der Waals surface area contributed by atoms with Gasteiger partial charge in [-0.05, 0) is 18.6 Å². The first-order chi connectivity index (χ1) is 9.70. The smallest absolute Gasteiger partial charge is 0.353 e. The van der Waals surface area contributed by atoms with Gasteiger partial charge >= 0.3 is 18.5 Å². The van der Waals surface area contributed by atoms with Crippen LogP contribution >= 0.6 is 0 Å². The van der Waals surface area contributed by atoms with Gasteiger partial charge in [0.2, 0.25) is 0 Å². The molecule has 0 radical (unpaired) electrons. The van der Waals surface area contributed by atoms with E-state index in [1.54, 1.807) is 0 Å². The zero-order valence-electron chi connectivity index (χ0n) is 10.8. The number of hydrogen-bond donors (Lipinski definition) is 0. The van der Waals surface area contributed by atoms with Gasteiger partial charge in [-0.15, -0.1) is 0 Å².